The Balaban J connectivity index is 1.79. The van der Waals surface area contributed by atoms with Gasteiger partial charge in [-0.05, 0) is 55.1 Å². The van der Waals surface area contributed by atoms with Crippen LogP contribution in [0.2, 0.25) is 10.0 Å². The van der Waals surface area contributed by atoms with Crippen LogP contribution in [0.5, 0.6) is 11.5 Å². The number of anilines is 1. The molecule has 0 aliphatic heterocycles. The average Bonchev–Trinajstić information content (AvgIpc) is 2.86. The molecule has 0 spiro atoms. The second kappa shape index (κ2) is 11.0. The third kappa shape index (κ3) is 5.73. The summed E-state index contributed by atoms with van der Waals surface area (Å²) in [6.45, 7) is 3.73. The van der Waals surface area contributed by atoms with E-state index in [1.807, 2.05) is 0 Å². The zero-order valence-electron chi connectivity index (χ0n) is 20.1. The first-order chi connectivity index (χ1) is 18.0. The number of phenolic OH excluding ortho intramolecular Hbond substituents is 1. The Bertz CT molecular complexity index is 1710. The molecule has 0 saturated heterocycles. The molecule has 9 nitrogen and oxygen atoms in total. The van der Waals surface area contributed by atoms with Gasteiger partial charge in [-0.2, -0.15) is 8.42 Å². The highest BCUT2D eigenvalue weighted by Gasteiger charge is 2.20. The number of azo groups is 1. The Hall–Kier alpha value is -3.70. The lowest BCUT2D eigenvalue weighted by atomic mass is 10.0. The molecule has 0 aromatic heterocycles. The number of fused-ring (bicyclic) bond motifs is 1. The van der Waals surface area contributed by atoms with Crippen molar-refractivity contribution in [3.8, 4) is 11.5 Å². The predicted octanol–water partition coefficient (Wildman–Crippen LogP) is 7.47. The number of nitrogens with zero attached hydrogens (tertiary/aromatic N) is 2. The largest absolute Gasteiger partial charge is 0.505 e. The van der Waals surface area contributed by atoms with Crippen LogP contribution in [0.1, 0.15) is 22.8 Å². The van der Waals surface area contributed by atoms with Crippen molar-refractivity contribution in [1.29, 1.82) is 0 Å². The zero-order valence-corrected chi connectivity index (χ0v) is 22.4. The summed E-state index contributed by atoms with van der Waals surface area (Å²) in [5, 5.41) is 23.5. The minimum atomic E-state index is -4.53. The SMILES string of the molecule is CCOc1cc(NC(=O)c2cc3ccccc3c(N=Nc3cc(S(=O)(=O)O)cc(C)c3Cl)c2O)ccc1Cl. The molecule has 0 aliphatic rings. The fourth-order valence-corrected chi connectivity index (χ4v) is 4.59. The van der Waals surface area contributed by atoms with E-state index in [-0.39, 0.29) is 22.0 Å². The molecule has 3 N–H and O–H groups in total. The van der Waals surface area contributed by atoms with Gasteiger partial charge in [-0.3, -0.25) is 9.35 Å². The Labute approximate surface area is 228 Å². The second-order valence-corrected chi connectivity index (χ2v) is 10.3. The van der Waals surface area contributed by atoms with Crippen LogP contribution in [0, 0.1) is 6.92 Å². The molecular formula is C26H21Cl2N3O6S. The van der Waals surface area contributed by atoms with Gasteiger partial charge in [0.25, 0.3) is 16.0 Å². The van der Waals surface area contributed by atoms with Crippen LogP contribution >= 0.6 is 23.2 Å². The molecule has 0 atom stereocenters. The van der Waals surface area contributed by atoms with Crippen molar-refractivity contribution in [2.45, 2.75) is 18.7 Å². The first-order valence-corrected chi connectivity index (χ1v) is 13.4. The van der Waals surface area contributed by atoms with Crippen molar-refractivity contribution in [2.75, 3.05) is 11.9 Å². The summed E-state index contributed by atoms with van der Waals surface area (Å²) in [6.07, 6.45) is 0. The number of carbonyl (C=O) groups excluding carboxylic acids is 1. The highest BCUT2D eigenvalue weighted by molar-refractivity contribution is 7.85. The van der Waals surface area contributed by atoms with Gasteiger partial charge >= 0.3 is 0 Å². The second-order valence-electron chi connectivity index (χ2n) is 8.12. The summed E-state index contributed by atoms with van der Waals surface area (Å²) >= 11 is 12.4. The number of ether oxygens (including phenoxy) is 1. The number of nitrogens with one attached hydrogen (secondary N) is 1. The molecule has 12 heteroatoms. The van der Waals surface area contributed by atoms with Gasteiger partial charge in [-0.15, -0.1) is 10.2 Å². The number of aryl methyl sites for hydroxylation is 1. The van der Waals surface area contributed by atoms with Gasteiger partial charge in [0, 0.05) is 17.1 Å². The summed E-state index contributed by atoms with van der Waals surface area (Å²) in [5.41, 5.74) is 0.558. The number of halogens is 2. The Morgan fingerprint density at radius 1 is 1.05 bits per heavy atom. The molecule has 38 heavy (non-hydrogen) atoms. The topological polar surface area (TPSA) is 138 Å². The van der Waals surface area contributed by atoms with Crippen molar-refractivity contribution in [3.63, 3.8) is 0 Å². The normalized spacial score (nSPS) is 11.7. The number of amides is 1. The van der Waals surface area contributed by atoms with Crippen LogP contribution < -0.4 is 10.1 Å². The number of phenols is 1. The van der Waals surface area contributed by atoms with Crippen LogP contribution in [-0.4, -0.2) is 30.6 Å². The molecule has 0 radical (unpaired) electrons. The van der Waals surface area contributed by atoms with Gasteiger partial charge in [0.1, 0.15) is 17.1 Å². The van der Waals surface area contributed by atoms with Gasteiger partial charge in [-0.25, -0.2) is 0 Å². The summed E-state index contributed by atoms with van der Waals surface area (Å²) in [7, 11) is -4.53. The molecule has 0 unspecified atom stereocenters. The van der Waals surface area contributed by atoms with E-state index in [4.69, 9.17) is 27.9 Å². The first-order valence-electron chi connectivity index (χ1n) is 11.2. The van der Waals surface area contributed by atoms with E-state index in [0.29, 0.717) is 39.4 Å². The molecule has 0 saturated carbocycles. The molecule has 0 fully saturated rings. The van der Waals surface area contributed by atoms with Crippen LogP contribution in [0.25, 0.3) is 10.8 Å². The number of hydrogen-bond acceptors (Lipinski definition) is 7. The van der Waals surface area contributed by atoms with Crippen molar-refractivity contribution >= 4 is 67.1 Å². The highest BCUT2D eigenvalue weighted by atomic mass is 35.5. The van der Waals surface area contributed by atoms with E-state index in [2.05, 4.69) is 15.5 Å². The van der Waals surface area contributed by atoms with Crippen molar-refractivity contribution in [1.82, 2.24) is 0 Å². The number of aromatic hydroxyl groups is 1. The number of benzene rings is 4. The van der Waals surface area contributed by atoms with E-state index in [0.717, 1.165) is 6.07 Å². The van der Waals surface area contributed by atoms with Crippen LogP contribution in [0.4, 0.5) is 17.1 Å². The lowest BCUT2D eigenvalue weighted by molar-refractivity contribution is 0.102. The standard InChI is InChI=1S/C26H21Cl2N3O6S/c1-3-37-22-12-16(8-9-20(22)27)29-26(33)19-11-15-6-4-5-7-18(15)24(25(19)32)31-30-21-13-17(38(34,35)36)10-14(2)23(21)28/h4-13,32H,3H2,1-2H3,(H,29,33)(H,34,35,36). The van der Waals surface area contributed by atoms with Gasteiger partial charge < -0.3 is 15.2 Å². The van der Waals surface area contributed by atoms with Crippen LogP contribution in [-0.2, 0) is 10.1 Å². The predicted molar refractivity (Wildman–Crippen MR) is 146 cm³/mol. The van der Waals surface area contributed by atoms with Crippen LogP contribution in [0.3, 0.4) is 0 Å². The number of rotatable bonds is 7. The molecule has 196 valence electrons. The quantitative estimate of drug-likeness (QED) is 0.155. The minimum Gasteiger partial charge on any atom is -0.505 e. The molecular weight excluding hydrogens is 553 g/mol. The summed E-state index contributed by atoms with van der Waals surface area (Å²) in [6, 6.07) is 15.4. The van der Waals surface area contributed by atoms with E-state index < -0.39 is 26.7 Å². The smallest absolute Gasteiger partial charge is 0.294 e. The molecule has 4 aromatic carbocycles. The lowest BCUT2D eigenvalue weighted by Crippen LogP contribution is -2.12. The van der Waals surface area contributed by atoms with Crippen molar-refractivity contribution < 1.29 is 27.6 Å². The number of carbonyl (C=O) groups is 1. The Morgan fingerprint density at radius 3 is 2.50 bits per heavy atom. The fourth-order valence-electron chi connectivity index (χ4n) is 3.68. The summed E-state index contributed by atoms with van der Waals surface area (Å²) in [5.74, 6) is -0.692. The monoisotopic (exact) mass is 573 g/mol. The average molecular weight is 574 g/mol. The summed E-state index contributed by atoms with van der Waals surface area (Å²) in [4.78, 5) is 12.8. The summed E-state index contributed by atoms with van der Waals surface area (Å²) < 4.78 is 38.2. The Kier molecular flexibility index (Phi) is 7.89. The fraction of sp³-hybridized carbons (Fsp3) is 0.115. The lowest BCUT2D eigenvalue weighted by Gasteiger charge is -2.12. The highest BCUT2D eigenvalue weighted by Crippen LogP contribution is 2.41. The Morgan fingerprint density at radius 2 is 1.79 bits per heavy atom. The van der Waals surface area contributed by atoms with Gasteiger partial charge in [0.05, 0.1) is 27.1 Å². The van der Waals surface area contributed by atoms with Crippen LogP contribution in [0.15, 0.2) is 75.8 Å². The van der Waals surface area contributed by atoms with E-state index in [1.54, 1.807) is 56.3 Å². The van der Waals surface area contributed by atoms with Crippen molar-refractivity contribution in [2.24, 2.45) is 10.2 Å². The van der Waals surface area contributed by atoms with Gasteiger partial charge in [0.2, 0.25) is 0 Å². The first kappa shape index (κ1) is 27.3. The molecule has 4 aromatic rings. The van der Waals surface area contributed by atoms with E-state index >= 15 is 0 Å². The van der Waals surface area contributed by atoms with E-state index in [9.17, 15) is 22.9 Å². The maximum atomic E-state index is 13.2. The zero-order chi connectivity index (χ0) is 27.6. The molecule has 0 bridgehead atoms. The molecule has 0 heterocycles. The van der Waals surface area contributed by atoms with E-state index in [1.165, 1.54) is 12.1 Å². The minimum absolute atomic E-state index is 0.0367. The van der Waals surface area contributed by atoms with Crippen molar-refractivity contribution in [3.05, 3.63) is 81.8 Å². The van der Waals surface area contributed by atoms with Gasteiger partial charge in [0.15, 0.2) is 5.75 Å². The molecule has 1 amide bonds. The number of hydrogen-bond donors (Lipinski definition) is 3. The third-order valence-corrected chi connectivity index (χ3v) is 7.13. The molecule has 4 rings (SSSR count). The molecule has 0 aliphatic carbocycles. The maximum Gasteiger partial charge on any atom is 0.294 e. The maximum absolute atomic E-state index is 13.2. The third-order valence-electron chi connectivity index (χ3n) is 5.49. The van der Waals surface area contributed by atoms with Gasteiger partial charge in [-0.1, -0.05) is 47.5 Å².